The molecule has 2 N–H and O–H groups in total. The number of carbonyl (C=O) groups is 2. The van der Waals surface area contributed by atoms with E-state index >= 15 is 0 Å². The molecule has 1 aromatic heterocycles. The summed E-state index contributed by atoms with van der Waals surface area (Å²) in [6.07, 6.45) is 4.33. The van der Waals surface area contributed by atoms with Gasteiger partial charge in [-0.05, 0) is 23.6 Å². The maximum atomic E-state index is 11.9. The van der Waals surface area contributed by atoms with E-state index in [9.17, 15) is 9.59 Å². The topological polar surface area (TPSA) is 82.5 Å². The van der Waals surface area contributed by atoms with Crippen molar-refractivity contribution < 1.29 is 14.7 Å². The first kappa shape index (κ1) is 15.9. The largest absolute Gasteiger partial charge is 0.481 e. The second-order valence-electron chi connectivity index (χ2n) is 4.78. The lowest BCUT2D eigenvalue weighted by Crippen LogP contribution is -2.40. The molecule has 1 heterocycles. The van der Waals surface area contributed by atoms with E-state index in [1.54, 1.807) is 26.4 Å². The Morgan fingerprint density at radius 2 is 2.15 bits per heavy atom. The molecule has 0 aliphatic heterocycles. The summed E-state index contributed by atoms with van der Waals surface area (Å²) in [7, 11) is 1.59. The first-order chi connectivity index (χ1) is 9.45. The zero-order chi connectivity index (χ0) is 15.1. The Labute approximate surface area is 118 Å². The van der Waals surface area contributed by atoms with Gasteiger partial charge in [0.15, 0.2) is 0 Å². The zero-order valence-corrected chi connectivity index (χ0v) is 12.1. The minimum absolute atomic E-state index is 0.179. The number of rotatable bonds is 6. The first-order valence-electron chi connectivity index (χ1n) is 6.59. The van der Waals surface area contributed by atoms with Crippen molar-refractivity contribution in [1.29, 1.82) is 0 Å². The van der Waals surface area contributed by atoms with Crippen LogP contribution in [0.1, 0.15) is 25.0 Å². The third-order valence-electron chi connectivity index (χ3n) is 3.13. The fraction of sp³-hybridized carbons (Fsp3) is 0.500. The molecule has 0 bridgehead atoms. The molecule has 1 aromatic rings. The molecule has 0 aliphatic carbocycles. The van der Waals surface area contributed by atoms with Crippen LogP contribution in [0.15, 0.2) is 18.5 Å². The van der Waals surface area contributed by atoms with Crippen molar-refractivity contribution in [3.05, 3.63) is 29.6 Å². The molecule has 6 heteroatoms. The van der Waals surface area contributed by atoms with Crippen molar-refractivity contribution in [1.82, 2.24) is 15.2 Å². The molecule has 1 unspecified atom stereocenters. The molecule has 6 nitrogen and oxygen atoms in total. The highest BCUT2D eigenvalue weighted by Gasteiger charge is 2.17. The third-order valence-corrected chi connectivity index (χ3v) is 3.13. The Kier molecular flexibility index (Phi) is 5.96. The van der Waals surface area contributed by atoms with E-state index < -0.39 is 11.9 Å². The van der Waals surface area contributed by atoms with Crippen molar-refractivity contribution in [2.24, 2.45) is 5.92 Å². The van der Waals surface area contributed by atoms with Gasteiger partial charge in [-0.3, -0.25) is 9.78 Å². The predicted molar refractivity (Wildman–Crippen MR) is 75.3 cm³/mol. The van der Waals surface area contributed by atoms with Crippen LogP contribution in [-0.2, 0) is 17.8 Å². The van der Waals surface area contributed by atoms with Gasteiger partial charge in [-0.2, -0.15) is 0 Å². The fourth-order valence-electron chi connectivity index (χ4n) is 1.82. The molecule has 0 saturated carbocycles. The lowest BCUT2D eigenvalue weighted by atomic mass is 10.1. The number of carboxylic acid groups (broad SMARTS) is 1. The number of carboxylic acids is 1. The molecule has 0 aromatic carbocycles. The van der Waals surface area contributed by atoms with Crippen LogP contribution in [0.2, 0.25) is 0 Å². The SMILES string of the molecule is CCc1cnccc1CNC(=O)N(C)CC(C)C(=O)O. The molecule has 0 spiro atoms. The van der Waals surface area contributed by atoms with Crippen LogP contribution in [0.5, 0.6) is 0 Å². The van der Waals surface area contributed by atoms with E-state index in [-0.39, 0.29) is 12.6 Å². The van der Waals surface area contributed by atoms with E-state index in [0.29, 0.717) is 6.54 Å². The summed E-state index contributed by atoms with van der Waals surface area (Å²) in [5.41, 5.74) is 2.12. The van der Waals surface area contributed by atoms with Gasteiger partial charge in [0.2, 0.25) is 0 Å². The van der Waals surface area contributed by atoms with Crippen LogP contribution >= 0.6 is 0 Å². The fourth-order valence-corrected chi connectivity index (χ4v) is 1.82. The average Bonchev–Trinajstić information content (AvgIpc) is 2.44. The molecule has 20 heavy (non-hydrogen) atoms. The van der Waals surface area contributed by atoms with E-state index in [4.69, 9.17) is 5.11 Å². The second-order valence-corrected chi connectivity index (χ2v) is 4.78. The highest BCUT2D eigenvalue weighted by atomic mass is 16.4. The quantitative estimate of drug-likeness (QED) is 0.826. The standard InChI is InChI=1S/C14H21N3O3/c1-4-11-7-15-6-5-12(11)8-16-14(20)17(3)9-10(2)13(18)19/h5-7,10H,4,8-9H2,1-3H3,(H,16,20)(H,18,19). The van der Waals surface area contributed by atoms with Gasteiger partial charge in [-0.25, -0.2) is 4.79 Å². The van der Waals surface area contributed by atoms with Crippen LogP contribution in [-0.4, -0.2) is 40.6 Å². The Hall–Kier alpha value is -2.11. The molecule has 0 fully saturated rings. The van der Waals surface area contributed by atoms with Crippen molar-refractivity contribution in [3.63, 3.8) is 0 Å². The van der Waals surface area contributed by atoms with Crippen LogP contribution < -0.4 is 5.32 Å². The Morgan fingerprint density at radius 3 is 2.75 bits per heavy atom. The number of nitrogens with zero attached hydrogens (tertiary/aromatic N) is 2. The molecule has 0 aliphatic rings. The normalized spacial score (nSPS) is 11.8. The number of nitrogens with one attached hydrogen (secondary N) is 1. The third kappa shape index (κ3) is 4.53. The number of carbonyl (C=O) groups excluding carboxylic acids is 1. The molecule has 2 amide bonds. The van der Waals surface area contributed by atoms with Crippen LogP contribution in [0.4, 0.5) is 4.79 Å². The highest BCUT2D eigenvalue weighted by molar-refractivity contribution is 5.75. The first-order valence-corrected chi connectivity index (χ1v) is 6.59. The van der Waals surface area contributed by atoms with Crippen LogP contribution in [0.25, 0.3) is 0 Å². The summed E-state index contributed by atoms with van der Waals surface area (Å²) in [4.78, 5) is 28.1. The highest BCUT2D eigenvalue weighted by Crippen LogP contribution is 2.07. The number of hydrogen-bond acceptors (Lipinski definition) is 3. The maximum Gasteiger partial charge on any atom is 0.317 e. The number of hydrogen-bond donors (Lipinski definition) is 2. The summed E-state index contributed by atoms with van der Waals surface area (Å²) in [6.45, 7) is 4.20. The lowest BCUT2D eigenvalue weighted by Gasteiger charge is -2.20. The Morgan fingerprint density at radius 1 is 1.45 bits per heavy atom. The van der Waals surface area contributed by atoms with Crippen molar-refractivity contribution in [2.75, 3.05) is 13.6 Å². The number of amides is 2. The second kappa shape index (κ2) is 7.47. The smallest absolute Gasteiger partial charge is 0.317 e. The van der Waals surface area contributed by atoms with E-state index in [1.807, 2.05) is 13.0 Å². The van der Waals surface area contributed by atoms with E-state index in [1.165, 1.54) is 4.90 Å². The molecule has 0 radical (unpaired) electrons. The number of aliphatic carboxylic acids is 1. The number of pyridine rings is 1. The van der Waals surface area contributed by atoms with Gasteiger partial charge in [0.1, 0.15) is 0 Å². The maximum absolute atomic E-state index is 11.9. The Bertz CT molecular complexity index is 476. The molecular weight excluding hydrogens is 258 g/mol. The van der Waals surface area contributed by atoms with Crippen LogP contribution in [0, 0.1) is 5.92 Å². The van der Waals surface area contributed by atoms with Gasteiger partial charge in [-0.15, -0.1) is 0 Å². The van der Waals surface area contributed by atoms with E-state index in [0.717, 1.165) is 17.5 Å². The predicted octanol–water partition coefficient (Wildman–Crippen LogP) is 1.51. The van der Waals surface area contributed by atoms with Gasteiger partial charge in [0.05, 0.1) is 5.92 Å². The van der Waals surface area contributed by atoms with Gasteiger partial charge in [0.25, 0.3) is 0 Å². The zero-order valence-electron chi connectivity index (χ0n) is 12.1. The molecular formula is C14H21N3O3. The van der Waals surface area contributed by atoms with E-state index in [2.05, 4.69) is 10.3 Å². The summed E-state index contributed by atoms with van der Waals surface area (Å²) in [5.74, 6) is -1.50. The minimum atomic E-state index is -0.910. The van der Waals surface area contributed by atoms with Crippen LogP contribution in [0.3, 0.4) is 0 Å². The van der Waals surface area contributed by atoms with Gasteiger partial charge >= 0.3 is 12.0 Å². The molecule has 1 atom stereocenters. The molecule has 0 saturated heterocycles. The van der Waals surface area contributed by atoms with Gasteiger partial charge in [0, 0.05) is 32.5 Å². The summed E-state index contributed by atoms with van der Waals surface area (Å²) in [5, 5.41) is 11.6. The molecule has 1 rings (SSSR count). The number of aryl methyl sites for hydroxylation is 1. The average molecular weight is 279 g/mol. The van der Waals surface area contributed by atoms with Crippen molar-refractivity contribution >= 4 is 12.0 Å². The summed E-state index contributed by atoms with van der Waals surface area (Å²) >= 11 is 0. The van der Waals surface area contributed by atoms with Crippen molar-refractivity contribution in [3.8, 4) is 0 Å². The number of urea groups is 1. The minimum Gasteiger partial charge on any atom is -0.481 e. The number of aromatic nitrogens is 1. The Balaban J connectivity index is 2.52. The monoisotopic (exact) mass is 279 g/mol. The molecule has 110 valence electrons. The van der Waals surface area contributed by atoms with Gasteiger partial charge < -0.3 is 15.3 Å². The summed E-state index contributed by atoms with van der Waals surface area (Å²) in [6, 6.07) is 1.59. The van der Waals surface area contributed by atoms with Gasteiger partial charge in [-0.1, -0.05) is 13.8 Å². The lowest BCUT2D eigenvalue weighted by molar-refractivity contribution is -0.141. The van der Waals surface area contributed by atoms with Crippen molar-refractivity contribution in [2.45, 2.75) is 26.8 Å². The summed E-state index contributed by atoms with van der Waals surface area (Å²) < 4.78 is 0.